The van der Waals surface area contributed by atoms with Crippen LogP contribution in [0.1, 0.15) is 46.1 Å². The van der Waals surface area contributed by atoms with Crippen molar-refractivity contribution < 1.29 is 22.5 Å². The van der Waals surface area contributed by atoms with Crippen LogP contribution in [0.5, 0.6) is 0 Å². The number of nitrogens with two attached hydrogens (primary N) is 1. The standard InChI is InChI=1S/C29H32ClN7O5S/c1-19-15-32-29(34-23-9-11-42-12-10-23)35-27(19)36-17-25(33-18-36)28(38)37(26(14-31)21-3-2-4-22(30)13-21)16-20-5-7-24(8-6-20)43(39,40)41/h2-8,13,15,17-18,23,26H,9-12,14,16,31H2,1H3,(H,32,34,35)(H,39,40,41)/t26-/m1/s1. The Hall–Kier alpha value is -3.88. The number of anilines is 1. The van der Waals surface area contributed by atoms with Gasteiger partial charge in [-0.25, -0.2) is 9.97 Å². The van der Waals surface area contributed by atoms with Crippen LogP contribution in [0.4, 0.5) is 5.95 Å². The van der Waals surface area contributed by atoms with E-state index in [9.17, 15) is 17.8 Å². The Morgan fingerprint density at radius 3 is 2.63 bits per heavy atom. The van der Waals surface area contributed by atoms with E-state index in [2.05, 4.69) is 20.3 Å². The van der Waals surface area contributed by atoms with Crippen molar-refractivity contribution in [2.75, 3.05) is 25.1 Å². The van der Waals surface area contributed by atoms with Gasteiger partial charge < -0.3 is 20.7 Å². The molecule has 1 atom stereocenters. The first-order valence-corrected chi connectivity index (χ1v) is 15.5. The number of ether oxygens (including phenoxy) is 1. The topological polar surface area (TPSA) is 166 Å². The molecule has 226 valence electrons. The first kappa shape index (κ1) is 30.6. The van der Waals surface area contributed by atoms with Crippen LogP contribution in [-0.4, -0.2) is 69.1 Å². The fourth-order valence-corrected chi connectivity index (χ4v) is 5.61. The van der Waals surface area contributed by atoms with Gasteiger partial charge in [0.2, 0.25) is 5.95 Å². The molecule has 2 aromatic carbocycles. The molecule has 0 unspecified atom stereocenters. The van der Waals surface area contributed by atoms with E-state index >= 15 is 0 Å². The van der Waals surface area contributed by atoms with Crippen LogP contribution < -0.4 is 11.1 Å². The zero-order valence-corrected chi connectivity index (χ0v) is 25.0. The highest BCUT2D eigenvalue weighted by molar-refractivity contribution is 7.85. The summed E-state index contributed by atoms with van der Waals surface area (Å²) in [6.07, 6.45) is 6.57. The molecule has 12 nitrogen and oxygen atoms in total. The third kappa shape index (κ3) is 7.37. The van der Waals surface area contributed by atoms with Crippen molar-refractivity contribution in [2.24, 2.45) is 5.73 Å². The number of amides is 1. The molecule has 0 radical (unpaired) electrons. The van der Waals surface area contributed by atoms with E-state index in [1.807, 2.05) is 13.0 Å². The number of aromatic nitrogens is 4. The van der Waals surface area contributed by atoms with Gasteiger partial charge in [-0.05, 0) is 55.2 Å². The fourth-order valence-electron chi connectivity index (χ4n) is 4.93. The van der Waals surface area contributed by atoms with Crippen LogP contribution in [0.15, 0.2) is 72.1 Å². The van der Waals surface area contributed by atoms with Crippen molar-refractivity contribution in [3.05, 3.63) is 94.7 Å². The van der Waals surface area contributed by atoms with Crippen molar-refractivity contribution in [3.63, 3.8) is 0 Å². The average Bonchev–Trinajstić information content (AvgIpc) is 3.48. The van der Waals surface area contributed by atoms with Gasteiger partial charge in [0, 0.05) is 55.3 Å². The Bertz CT molecular complexity index is 1690. The van der Waals surface area contributed by atoms with Crippen LogP contribution in [-0.2, 0) is 21.4 Å². The lowest BCUT2D eigenvalue weighted by molar-refractivity contribution is 0.0658. The second-order valence-electron chi connectivity index (χ2n) is 10.3. The monoisotopic (exact) mass is 625 g/mol. The number of imidazole rings is 1. The second-order valence-corrected chi connectivity index (χ2v) is 12.1. The summed E-state index contributed by atoms with van der Waals surface area (Å²) >= 11 is 6.26. The van der Waals surface area contributed by atoms with E-state index in [4.69, 9.17) is 22.1 Å². The van der Waals surface area contributed by atoms with Crippen molar-refractivity contribution >= 4 is 33.6 Å². The number of aryl methyl sites for hydroxylation is 1. The molecule has 0 aliphatic carbocycles. The summed E-state index contributed by atoms with van der Waals surface area (Å²) in [5.74, 6) is 0.655. The Morgan fingerprint density at radius 2 is 1.95 bits per heavy atom. The molecular formula is C29H32ClN7O5S. The summed E-state index contributed by atoms with van der Waals surface area (Å²) in [5.41, 5.74) is 8.51. The van der Waals surface area contributed by atoms with Crippen molar-refractivity contribution in [1.82, 2.24) is 24.4 Å². The van der Waals surface area contributed by atoms with Crippen LogP contribution in [0.2, 0.25) is 5.02 Å². The van der Waals surface area contributed by atoms with E-state index in [1.165, 1.54) is 30.6 Å². The Morgan fingerprint density at radius 1 is 1.21 bits per heavy atom. The van der Waals surface area contributed by atoms with Crippen LogP contribution in [0.25, 0.3) is 5.82 Å². The summed E-state index contributed by atoms with van der Waals surface area (Å²) < 4.78 is 39.5. The fraction of sp³-hybridized carbons (Fsp3) is 0.310. The maximum Gasteiger partial charge on any atom is 0.294 e. The van der Waals surface area contributed by atoms with E-state index in [-0.39, 0.29) is 29.7 Å². The van der Waals surface area contributed by atoms with E-state index in [0.29, 0.717) is 35.6 Å². The summed E-state index contributed by atoms with van der Waals surface area (Å²) in [6.45, 7) is 3.41. The van der Waals surface area contributed by atoms with Gasteiger partial charge in [-0.2, -0.15) is 13.4 Å². The van der Waals surface area contributed by atoms with E-state index in [1.54, 1.807) is 40.1 Å². The predicted molar refractivity (Wildman–Crippen MR) is 161 cm³/mol. The molecule has 0 bridgehead atoms. The largest absolute Gasteiger partial charge is 0.381 e. The number of benzene rings is 2. The maximum absolute atomic E-state index is 14.1. The van der Waals surface area contributed by atoms with Gasteiger partial charge in [-0.15, -0.1) is 0 Å². The molecule has 1 amide bonds. The smallest absolute Gasteiger partial charge is 0.294 e. The first-order chi connectivity index (χ1) is 20.6. The Balaban J connectivity index is 1.45. The SMILES string of the molecule is Cc1cnc(NC2CCOCC2)nc1-n1cnc(C(=O)N(Cc2ccc(S(=O)(=O)O)cc2)[C@H](CN)c2cccc(Cl)c2)c1. The highest BCUT2D eigenvalue weighted by Gasteiger charge is 2.28. The number of halogens is 1. The van der Waals surface area contributed by atoms with Crippen LogP contribution in [0.3, 0.4) is 0 Å². The molecule has 4 N–H and O–H groups in total. The summed E-state index contributed by atoms with van der Waals surface area (Å²) in [5, 5.41) is 3.86. The molecule has 1 aliphatic heterocycles. The Labute approximate surface area is 254 Å². The molecule has 0 spiro atoms. The van der Waals surface area contributed by atoms with Crippen molar-refractivity contribution in [1.29, 1.82) is 0 Å². The lowest BCUT2D eigenvalue weighted by Crippen LogP contribution is -2.38. The minimum atomic E-state index is -4.36. The third-order valence-electron chi connectivity index (χ3n) is 7.21. The molecule has 5 rings (SSSR count). The van der Waals surface area contributed by atoms with Crippen molar-refractivity contribution in [2.45, 2.75) is 43.3 Å². The molecule has 43 heavy (non-hydrogen) atoms. The van der Waals surface area contributed by atoms with Gasteiger partial charge in [-0.3, -0.25) is 13.9 Å². The van der Waals surface area contributed by atoms with Gasteiger partial charge in [0.05, 0.1) is 10.9 Å². The lowest BCUT2D eigenvalue weighted by Gasteiger charge is -2.31. The highest BCUT2D eigenvalue weighted by Crippen LogP contribution is 2.27. The molecule has 3 heterocycles. The predicted octanol–water partition coefficient (Wildman–Crippen LogP) is 3.80. The maximum atomic E-state index is 14.1. The Kier molecular flexibility index (Phi) is 9.37. The second kappa shape index (κ2) is 13.2. The number of nitrogens with one attached hydrogen (secondary N) is 1. The normalized spacial score (nSPS) is 14.8. The van der Waals surface area contributed by atoms with E-state index in [0.717, 1.165) is 24.0 Å². The molecule has 1 aliphatic rings. The molecular weight excluding hydrogens is 594 g/mol. The summed E-state index contributed by atoms with van der Waals surface area (Å²) in [4.78, 5) is 28.9. The minimum absolute atomic E-state index is 0.0809. The number of carbonyl (C=O) groups is 1. The van der Waals surface area contributed by atoms with E-state index < -0.39 is 22.1 Å². The zero-order valence-electron chi connectivity index (χ0n) is 23.4. The van der Waals surface area contributed by atoms with Crippen LogP contribution in [0, 0.1) is 6.92 Å². The lowest BCUT2D eigenvalue weighted by atomic mass is 10.0. The first-order valence-electron chi connectivity index (χ1n) is 13.7. The van der Waals surface area contributed by atoms with Gasteiger partial charge in [-0.1, -0.05) is 35.9 Å². The van der Waals surface area contributed by atoms with Gasteiger partial charge in [0.25, 0.3) is 16.0 Å². The number of hydrogen-bond acceptors (Lipinski definition) is 9. The van der Waals surface area contributed by atoms with Gasteiger partial charge in [0.1, 0.15) is 17.8 Å². The minimum Gasteiger partial charge on any atom is -0.381 e. The van der Waals surface area contributed by atoms with Gasteiger partial charge >= 0.3 is 0 Å². The molecule has 2 aromatic heterocycles. The summed E-state index contributed by atoms with van der Waals surface area (Å²) in [7, 11) is -4.36. The third-order valence-corrected chi connectivity index (χ3v) is 8.32. The number of rotatable bonds is 10. The van der Waals surface area contributed by atoms with Crippen LogP contribution >= 0.6 is 11.6 Å². The molecule has 0 saturated carbocycles. The molecule has 1 fully saturated rings. The number of hydrogen-bond donors (Lipinski definition) is 3. The molecule has 4 aromatic rings. The quantitative estimate of drug-likeness (QED) is 0.221. The van der Waals surface area contributed by atoms with Gasteiger partial charge in [0.15, 0.2) is 0 Å². The number of carbonyl (C=O) groups excluding carboxylic acids is 1. The molecule has 1 saturated heterocycles. The average molecular weight is 626 g/mol. The van der Waals surface area contributed by atoms with Crippen molar-refractivity contribution in [3.8, 4) is 5.82 Å². The molecule has 14 heteroatoms. The summed E-state index contributed by atoms with van der Waals surface area (Å²) in [6, 6.07) is 12.4. The highest BCUT2D eigenvalue weighted by atomic mass is 35.5. The number of nitrogens with zero attached hydrogens (tertiary/aromatic N) is 5. The zero-order chi connectivity index (χ0) is 30.6.